The number of para-hydroxylation sites is 2. The first-order chi connectivity index (χ1) is 8.26. The second kappa shape index (κ2) is 5.32. The van der Waals surface area contributed by atoms with E-state index in [0.717, 1.165) is 30.9 Å². The number of fused-ring (bicyclic) bond motifs is 1. The molecule has 1 N–H and O–H groups in total. The van der Waals surface area contributed by atoms with Gasteiger partial charge in [0.1, 0.15) is 5.82 Å². The van der Waals surface area contributed by atoms with Crippen LogP contribution in [0.4, 0.5) is 0 Å². The van der Waals surface area contributed by atoms with Crippen LogP contribution in [0.2, 0.25) is 0 Å². The van der Waals surface area contributed by atoms with Gasteiger partial charge in [0.25, 0.3) is 0 Å². The molecule has 1 aromatic heterocycles. The Kier molecular flexibility index (Phi) is 3.79. The number of rotatable bonds is 5. The lowest BCUT2D eigenvalue weighted by atomic mass is 10.2. The summed E-state index contributed by atoms with van der Waals surface area (Å²) in [6.45, 7) is 8.38. The van der Waals surface area contributed by atoms with Crippen LogP contribution in [-0.2, 0) is 13.1 Å². The topological polar surface area (TPSA) is 29.9 Å². The van der Waals surface area contributed by atoms with Gasteiger partial charge in [0.15, 0.2) is 0 Å². The summed E-state index contributed by atoms with van der Waals surface area (Å²) in [5.74, 6) is 1.13. The Labute approximate surface area is 103 Å². The van der Waals surface area contributed by atoms with Gasteiger partial charge < -0.3 is 9.88 Å². The summed E-state index contributed by atoms with van der Waals surface area (Å²) < 4.78 is 2.28. The average molecular weight is 231 g/mol. The molecule has 0 fully saturated rings. The van der Waals surface area contributed by atoms with Crippen molar-refractivity contribution in [1.82, 2.24) is 14.9 Å². The molecule has 2 rings (SSSR count). The molecular formula is C14H21N3. The minimum atomic E-state index is 0.542. The third kappa shape index (κ3) is 2.50. The van der Waals surface area contributed by atoms with E-state index >= 15 is 0 Å². The molecule has 0 saturated carbocycles. The highest BCUT2D eigenvalue weighted by molar-refractivity contribution is 5.75. The summed E-state index contributed by atoms with van der Waals surface area (Å²) in [4.78, 5) is 4.69. The van der Waals surface area contributed by atoms with Crippen molar-refractivity contribution in [2.24, 2.45) is 0 Å². The SMILES string of the molecule is CCC(C)NCc1nc2ccccc2n1CC. The summed E-state index contributed by atoms with van der Waals surface area (Å²) in [7, 11) is 0. The number of nitrogens with one attached hydrogen (secondary N) is 1. The first-order valence-electron chi connectivity index (χ1n) is 6.43. The predicted octanol–water partition coefficient (Wildman–Crippen LogP) is 2.94. The van der Waals surface area contributed by atoms with Crippen molar-refractivity contribution >= 4 is 11.0 Å². The van der Waals surface area contributed by atoms with Gasteiger partial charge >= 0.3 is 0 Å². The fraction of sp³-hybridized carbons (Fsp3) is 0.500. The number of hydrogen-bond acceptors (Lipinski definition) is 2. The lowest BCUT2D eigenvalue weighted by Crippen LogP contribution is -2.26. The third-order valence-electron chi connectivity index (χ3n) is 3.27. The molecule has 0 spiro atoms. The van der Waals surface area contributed by atoms with Crippen LogP contribution in [0, 0.1) is 0 Å². The normalized spacial score (nSPS) is 13.1. The molecule has 0 amide bonds. The van der Waals surface area contributed by atoms with E-state index in [9.17, 15) is 0 Å². The molecule has 1 atom stereocenters. The third-order valence-corrected chi connectivity index (χ3v) is 3.27. The molecule has 0 aliphatic carbocycles. The Hall–Kier alpha value is -1.35. The standard InChI is InChI=1S/C14H21N3/c1-4-11(3)15-10-14-16-12-8-6-7-9-13(12)17(14)5-2/h6-9,11,15H,4-5,10H2,1-3H3. The minimum Gasteiger partial charge on any atom is -0.327 e. The van der Waals surface area contributed by atoms with Gasteiger partial charge in [-0.1, -0.05) is 19.1 Å². The van der Waals surface area contributed by atoms with Gasteiger partial charge in [-0.15, -0.1) is 0 Å². The van der Waals surface area contributed by atoms with Crippen LogP contribution in [-0.4, -0.2) is 15.6 Å². The van der Waals surface area contributed by atoms with Crippen molar-refractivity contribution in [3.63, 3.8) is 0 Å². The minimum absolute atomic E-state index is 0.542. The van der Waals surface area contributed by atoms with Gasteiger partial charge in [0.05, 0.1) is 17.6 Å². The molecule has 0 aliphatic heterocycles. The van der Waals surface area contributed by atoms with E-state index in [1.54, 1.807) is 0 Å². The van der Waals surface area contributed by atoms with E-state index < -0.39 is 0 Å². The van der Waals surface area contributed by atoms with Crippen LogP contribution in [0.5, 0.6) is 0 Å². The molecule has 1 heterocycles. The van der Waals surface area contributed by atoms with E-state index in [4.69, 9.17) is 4.98 Å². The van der Waals surface area contributed by atoms with Gasteiger partial charge in [-0.2, -0.15) is 0 Å². The summed E-state index contributed by atoms with van der Waals surface area (Å²) >= 11 is 0. The van der Waals surface area contributed by atoms with Crippen LogP contribution in [0.15, 0.2) is 24.3 Å². The first kappa shape index (κ1) is 12.1. The molecule has 3 nitrogen and oxygen atoms in total. The summed E-state index contributed by atoms with van der Waals surface area (Å²) in [6.07, 6.45) is 1.15. The lowest BCUT2D eigenvalue weighted by Gasteiger charge is -2.11. The van der Waals surface area contributed by atoms with Crippen molar-refractivity contribution in [3.05, 3.63) is 30.1 Å². The summed E-state index contributed by atoms with van der Waals surface area (Å²) in [5, 5.41) is 3.50. The Morgan fingerprint density at radius 1 is 1.29 bits per heavy atom. The van der Waals surface area contributed by atoms with Gasteiger partial charge in [-0.25, -0.2) is 4.98 Å². The zero-order valence-corrected chi connectivity index (χ0v) is 10.9. The van der Waals surface area contributed by atoms with Crippen LogP contribution in [0.1, 0.15) is 33.0 Å². The summed E-state index contributed by atoms with van der Waals surface area (Å²) in [5.41, 5.74) is 2.33. The Morgan fingerprint density at radius 2 is 2.06 bits per heavy atom. The van der Waals surface area contributed by atoms with Crippen LogP contribution in [0.25, 0.3) is 11.0 Å². The van der Waals surface area contributed by atoms with Gasteiger partial charge in [0, 0.05) is 12.6 Å². The molecule has 1 unspecified atom stereocenters. The van der Waals surface area contributed by atoms with E-state index in [0.29, 0.717) is 6.04 Å². The molecular weight excluding hydrogens is 210 g/mol. The monoisotopic (exact) mass is 231 g/mol. The van der Waals surface area contributed by atoms with Crippen LogP contribution in [0.3, 0.4) is 0 Å². The predicted molar refractivity (Wildman–Crippen MR) is 72.0 cm³/mol. The van der Waals surface area contributed by atoms with Crippen molar-refractivity contribution in [1.29, 1.82) is 0 Å². The maximum atomic E-state index is 4.69. The highest BCUT2D eigenvalue weighted by Gasteiger charge is 2.09. The van der Waals surface area contributed by atoms with Crippen LogP contribution < -0.4 is 5.32 Å². The van der Waals surface area contributed by atoms with Gasteiger partial charge in [-0.05, 0) is 32.4 Å². The first-order valence-corrected chi connectivity index (χ1v) is 6.43. The van der Waals surface area contributed by atoms with E-state index in [1.807, 2.05) is 6.07 Å². The zero-order valence-electron chi connectivity index (χ0n) is 10.9. The molecule has 0 radical (unpaired) electrons. The Bertz CT molecular complexity index is 487. The summed E-state index contributed by atoms with van der Waals surface area (Å²) in [6, 6.07) is 8.87. The fourth-order valence-corrected chi connectivity index (χ4v) is 2.02. The number of aromatic nitrogens is 2. The van der Waals surface area contributed by atoms with Crippen molar-refractivity contribution in [2.75, 3.05) is 0 Å². The maximum Gasteiger partial charge on any atom is 0.123 e. The smallest absolute Gasteiger partial charge is 0.123 e. The van der Waals surface area contributed by atoms with Gasteiger partial charge in [-0.3, -0.25) is 0 Å². The number of aryl methyl sites for hydroxylation is 1. The zero-order chi connectivity index (χ0) is 12.3. The molecule has 0 saturated heterocycles. The highest BCUT2D eigenvalue weighted by Crippen LogP contribution is 2.15. The Morgan fingerprint density at radius 3 is 2.76 bits per heavy atom. The molecule has 2 aromatic rings. The van der Waals surface area contributed by atoms with E-state index in [2.05, 4.69) is 48.9 Å². The fourth-order valence-electron chi connectivity index (χ4n) is 2.02. The second-order valence-electron chi connectivity index (χ2n) is 4.45. The van der Waals surface area contributed by atoms with Crippen LogP contribution >= 0.6 is 0 Å². The second-order valence-corrected chi connectivity index (χ2v) is 4.45. The quantitative estimate of drug-likeness (QED) is 0.857. The molecule has 3 heteroatoms. The number of imidazole rings is 1. The highest BCUT2D eigenvalue weighted by atomic mass is 15.1. The van der Waals surface area contributed by atoms with Crippen molar-refractivity contribution in [2.45, 2.75) is 46.3 Å². The molecule has 0 aliphatic rings. The lowest BCUT2D eigenvalue weighted by molar-refractivity contribution is 0.512. The number of benzene rings is 1. The van der Waals surface area contributed by atoms with E-state index in [1.165, 1.54) is 5.52 Å². The van der Waals surface area contributed by atoms with Crippen molar-refractivity contribution < 1.29 is 0 Å². The molecule has 92 valence electrons. The number of hydrogen-bond donors (Lipinski definition) is 1. The van der Waals surface area contributed by atoms with E-state index in [-0.39, 0.29) is 0 Å². The largest absolute Gasteiger partial charge is 0.327 e. The Balaban J connectivity index is 2.27. The molecule has 1 aromatic carbocycles. The van der Waals surface area contributed by atoms with Crippen molar-refractivity contribution in [3.8, 4) is 0 Å². The average Bonchev–Trinajstić information content (AvgIpc) is 2.73. The molecule has 17 heavy (non-hydrogen) atoms. The molecule has 0 bridgehead atoms. The van der Waals surface area contributed by atoms with Gasteiger partial charge in [0.2, 0.25) is 0 Å². The maximum absolute atomic E-state index is 4.69. The number of nitrogens with zero attached hydrogens (tertiary/aromatic N) is 2.